The van der Waals surface area contributed by atoms with Gasteiger partial charge in [0, 0.05) is 17.7 Å². The molecule has 0 aliphatic heterocycles. The van der Waals surface area contributed by atoms with Gasteiger partial charge in [-0.3, -0.25) is 9.59 Å². The fraction of sp³-hybridized carbons (Fsp3) is 0.0714. The Balaban J connectivity index is 1.36. The molecule has 4 aromatic rings. The highest BCUT2D eigenvalue weighted by Gasteiger charge is 2.14. The van der Waals surface area contributed by atoms with E-state index >= 15 is 0 Å². The predicted octanol–water partition coefficient (Wildman–Crippen LogP) is 5.81. The molecule has 0 spiro atoms. The second-order valence-corrected chi connectivity index (χ2v) is 7.43. The van der Waals surface area contributed by atoms with Gasteiger partial charge in [-0.05, 0) is 54.1 Å². The first-order chi connectivity index (χ1) is 16.2. The number of para-hydroxylation sites is 2. The van der Waals surface area contributed by atoms with Crippen molar-refractivity contribution in [2.75, 3.05) is 17.2 Å². The number of carbonyl (C=O) groups excluding carboxylic acids is 2. The molecule has 4 rings (SSSR count). The van der Waals surface area contributed by atoms with E-state index in [0.717, 1.165) is 6.42 Å². The Kier molecular flexibility index (Phi) is 7.13. The van der Waals surface area contributed by atoms with Gasteiger partial charge in [0.2, 0.25) is 0 Å². The zero-order valence-electron chi connectivity index (χ0n) is 18.0. The highest BCUT2D eigenvalue weighted by Crippen LogP contribution is 2.19. The largest absolute Gasteiger partial charge is 0.493 e. The molecular weight excluding hydrogens is 412 g/mol. The van der Waals surface area contributed by atoms with E-state index in [1.807, 2.05) is 48.5 Å². The molecule has 0 heterocycles. The Morgan fingerprint density at radius 1 is 0.636 bits per heavy atom. The fourth-order valence-electron chi connectivity index (χ4n) is 3.34. The van der Waals surface area contributed by atoms with Gasteiger partial charge in [-0.1, -0.05) is 60.7 Å². The van der Waals surface area contributed by atoms with Crippen LogP contribution >= 0.6 is 0 Å². The van der Waals surface area contributed by atoms with Gasteiger partial charge in [-0.15, -0.1) is 0 Å². The molecule has 2 N–H and O–H groups in total. The zero-order valence-corrected chi connectivity index (χ0v) is 18.0. The third-order valence-corrected chi connectivity index (χ3v) is 5.07. The molecule has 5 heteroatoms. The summed E-state index contributed by atoms with van der Waals surface area (Å²) in [5.41, 5.74) is 3.20. The number of carbonyl (C=O) groups is 2. The van der Waals surface area contributed by atoms with Gasteiger partial charge in [0.05, 0.1) is 17.9 Å². The van der Waals surface area contributed by atoms with Gasteiger partial charge in [-0.25, -0.2) is 0 Å². The fourth-order valence-corrected chi connectivity index (χ4v) is 3.34. The highest BCUT2D eigenvalue weighted by atomic mass is 16.5. The normalized spacial score (nSPS) is 10.3. The Hall–Kier alpha value is -4.38. The third kappa shape index (κ3) is 6.08. The first-order valence-corrected chi connectivity index (χ1v) is 10.7. The number of ether oxygens (including phenoxy) is 1. The van der Waals surface area contributed by atoms with Crippen molar-refractivity contribution in [3.8, 4) is 5.75 Å². The second kappa shape index (κ2) is 10.8. The zero-order chi connectivity index (χ0) is 22.9. The van der Waals surface area contributed by atoms with Crippen LogP contribution in [-0.4, -0.2) is 18.4 Å². The SMILES string of the molecule is O=C(Nc1ccccc1C(=O)Nc1ccccc1)c1ccc(OCCc2ccccc2)cc1. The van der Waals surface area contributed by atoms with Crippen molar-refractivity contribution in [1.29, 1.82) is 0 Å². The van der Waals surface area contributed by atoms with Crippen LogP contribution in [-0.2, 0) is 6.42 Å². The lowest BCUT2D eigenvalue weighted by molar-refractivity contribution is 0.102. The van der Waals surface area contributed by atoms with Crippen molar-refractivity contribution >= 4 is 23.2 Å². The molecule has 4 aromatic carbocycles. The average Bonchev–Trinajstić information content (AvgIpc) is 2.86. The smallest absolute Gasteiger partial charge is 0.257 e. The van der Waals surface area contributed by atoms with E-state index in [9.17, 15) is 9.59 Å². The standard InChI is InChI=1S/C28H24N2O3/c31-27(22-15-17-24(18-16-22)33-20-19-21-9-3-1-4-10-21)30-26-14-8-7-13-25(26)28(32)29-23-11-5-2-6-12-23/h1-18H,19-20H2,(H,29,32)(H,30,31). The lowest BCUT2D eigenvalue weighted by Crippen LogP contribution is -2.18. The molecule has 0 radical (unpaired) electrons. The summed E-state index contributed by atoms with van der Waals surface area (Å²) < 4.78 is 5.79. The van der Waals surface area contributed by atoms with Gasteiger partial charge in [-0.2, -0.15) is 0 Å². The molecule has 164 valence electrons. The van der Waals surface area contributed by atoms with Crippen LogP contribution in [0.5, 0.6) is 5.75 Å². The van der Waals surface area contributed by atoms with Crippen LogP contribution < -0.4 is 15.4 Å². The van der Waals surface area contributed by atoms with E-state index in [-0.39, 0.29) is 11.8 Å². The summed E-state index contributed by atoms with van der Waals surface area (Å²) >= 11 is 0. The Morgan fingerprint density at radius 3 is 2.00 bits per heavy atom. The molecule has 0 aliphatic rings. The summed E-state index contributed by atoms with van der Waals surface area (Å²) in [5, 5.41) is 5.68. The topological polar surface area (TPSA) is 67.4 Å². The maximum atomic E-state index is 12.8. The minimum atomic E-state index is -0.300. The minimum absolute atomic E-state index is 0.292. The molecule has 0 aliphatic carbocycles. The van der Waals surface area contributed by atoms with Crippen molar-refractivity contribution in [2.24, 2.45) is 0 Å². The monoisotopic (exact) mass is 436 g/mol. The molecule has 0 saturated carbocycles. The molecule has 0 saturated heterocycles. The molecule has 0 aromatic heterocycles. The summed E-state index contributed by atoms with van der Waals surface area (Å²) in [6.07, 6.45) is 0.810. The van der Waals surface area contributed by atoms with E-state index in [1.165, 1.54) is 5.56 Å². The van der Waals surface area contributed by atoms with Gasteiger partial charge in [0.15, 0.2) is 0 Å². The van der Waals surface area contributed by atoms with Gasteiger partial charge in [0.1, 0.15) is 5.75 Å². The number of hydrogen-bond acceptors (Lipinski definition) is 3. The van der Waals surface area contributed by atoms with Crippen LogP contribution in [0, 0.1) is 0 Å². The van der Waals surface area contributed by atoms with Crippen LogP contribution in [0.4, 0.5) is 11.4 Å². The molecular formula is C28H24N2O3. The Bertz CT molecular complexity index is 1210. The summed E-state index contributed by atoms with van der Waals surface area (Å²) in [6, 6.07) is 33.2. The summed E-state index contributed by atoms with van der Waals surface area (Å²) in [7, 11) is 0. The molecule has 0 atom stereocenters. The van der Waals surface area contributed by atoms with Crippen LogP contribution in [0.2, 0.25) is 0 Å². The van der Waals surface area contributed by atoms with Gasteiger partial charge >= 0.3 is 0 Å². The van der Waals surface area contributed by atoms with E-state index in [2.05, 4.69) is 22.8 Å². The van der Waals surface area contributed by atoms with Crippen molar-refractivity contribution in [1.82, 2.24) is 0 Å². The van der Waals surface area contributed by atoms with Crippen LogP contribution in [0.3, 0.4) is 0 Å². The van der Waals surface area contributed by atoms with Crippen molar-refractivity contribution in [2.45, 2.75) is 6.42 Å². The predicted molar refractivity (Wildman–Crippen MR) is 131 cm³/mol. The summed E-state index contributed by atoms with van der Waals surface area (Å²) in [5.74, 6) is 0.107. The molecule has 0 fully saturated rings. The average molecular weight is 437 g/mol. The number of benzene rings is 4. The first-order valence-electron chi connectivity index (χ1n) is 10.7. The maximum absolute atomic E-state index is 12.8. The van der Waals surface area contributed by atoms with Gasteiger partial charge < -0.3 is 15.4 Å². The summed E-state index contributed by atoms with van der Waals surface area (Å²) in [4.78, 5) is 25.5. The highest BCUT2D eigenvalue weighted by molar-refractivity contribution is 6.12. The summed E-state index contributed by atoms with van der Waals surface area (Å²) in [6.45, 7) is 0.555. The molecule has 2 amide bonds. The Labute approximate surface area is 193 Å². The number of amides is 2. The lowest BCUT2D eigenvalue weighted by Gasteiger charge is -2.12. The Morgan fingerprint density at radius 2 is 1.27 bits per heavy atom. The number of rotatable bonds is 8. The first kappa shape index (κ1) is 21.8. The van der Waals surface area contributed by atoms with Crippen LogP contribution in [0.1, 0.15) is 26.3 Å². The third-order valence-electron chi connectivity index (χ3n) is 5.07. The molecule has 5 nitrogen and oxygen atoms in total. The quantitative estimate of drug-likeness (QED) is 0.366. The van der Waals surface area contributed by atoms with Crippen LogP contribution in [0.15, 0.2) is 109 Å². The van der Waals surface area contributed by atoms with E-state index in [1.54, 1.807) is 48.5 Å². The number of hydrogen-bond donors (Lipinski definition) is 2. The van der Waals surface area contributed by atoms with E-state index in [0.29, 0.717) is 34.9 Å². The molecule has 33 heavy (non-hydrogen) atoms. The number of anilines is 2. The van der Waals surface area contributed by atoms with E-state index < -0.39 is 0 Å². The van der Waals surface area contributed by atoms with Gasteiger partial charge in [0.25, 0.3) is 11.8 Å². The number of nitrogens with one attached hydrogen (secondary N) is 2. The maximum Gasteiger partial charge on any atom is 0.257 e. The second-order valence-electron chi connectivity index (χ2n) is 7.43. The van der Waals surface area contributed by atoms with Crippen LogP contribution in [0.25, 0.3) is 0 Å². The van der Waals surface area contributed by atoms with Crippen molar-refractivity contribution in [3.63, 3.8) is 0 Å². The lowest BCUT2D eigenvalue weighted by atomic mass is 10.1. The molecule has 0 bridgehead atoms. The van der Waals surface area contributed by atoms with E-state index in [4.69, 9.17) is 4.74 Å². The van der Waals surface area contributed by atoms with Crippen molar-refractivity contribution < 1.29 is 14.3 Å². The minimum Gasteiger partial charge on any atom is -0.493 e. The molecule has 0 unspecified atom stereocenters. The van der Waals surface area contributed by atoms with Crippen molar-refractivity contribution in [3.05, 3.63) is 126 Å².